The van der Waals surface area contributed by atoms with Crippen LogP contribution >= 0.6 is 0 Å². The number of carbonyl (C=O) groups excluding carboxylic acids is 1. The predicted molar refractivity (Wildman–Crippen MR) is 160 cm³/mol. The number of unbranched alkanes of at least 4 members (excludes halogenated alkanes) is 4. The summed E-state index contributed by atoms with van der Waals surface area (Å²) in [5, 5.41) is 3.03. The van der Waals surface area contributed by atoms with Gasteiger partial charge in [0.25, 0.3) is 15.9 Å². The molecule has 0 radical (unpaired) electrons. The zero-order valence-corrected chi connectivity index (χ0v) is 24.1. The normalized spacial score (nSPS) is 16.4. The maximum Gasteiger partial charge on any atom is 0.268 e. The van der Waals surface area contributed by atoms with Crippen molar-refractivity contribution in [1.82, 2.24) is 15.3 Å². The highest BCUT2D eigenvalue weighted by Gasteiger charge is 2.30. The van der Waals surface area contributed by atoms with E-state index in [9.17, 15) is 13.2 Å². The predicted octanol–water partition coefficient (Wildman–Crippen LogP) is 5.60. The molecule has 1 aliphatic rings. The van der Waals surface area contributed by atoms with Crippen LogP contribution in [0.3, 0.4) is 0 Å². The molecule has 1 atom stereocenters. The van der Waals surface area contributed by atoms with Crippen molar-refractivity contribution in [1.29, 1.82) is 0 Å². The molecule has 4 bridgehead atoms. The minimum atomic E-state index is -4.22. The number of carbonyl (C=O) groups is 1. The number of hydrogen-bond donors (Lipinski definition) is 1. The molecule has 0 saturated carbocycles. The molecule has 216 valence electrons. The number of rotatable bonds is 11. The molecule has 0 saturated heterocycles. The largest absolute Gasteiger partial charge is 0.475 e. The van der Waals surface area contributed by atoms with Gasteiger partial charge in [-0.3, -0.25) is 4.79 Å². The molecule has 0 fully saturated rings. The van der Waals surface area contributed by atoms with Gasteiger partial charge in [-0.15, -0.1) is 6.58 Å². The summed E-state index contributed by atoms with van der Waals surface area (Å²) >= 11 is 0. The smallest absolute Gasteiger partial charge is 0.268 e. The van der Waals surface area contributed by atoms with Gasteiger partial charge in [0.1, 0.15) is 13.3 Å². The summed E-state index contributed by atoms with van der Waals surface area (Å²) < 4.78 is 40.1. The van der Waals surface area contributed by atoms with E-state index in [1.165, 1.54) is 19.2 Å². The van der Waals surface area contributed by atoms with Gasteiger partial charge in [0, 0.05) is 24.3 Å². The summed E-state index contributed by atoms with van der Waals surface area (Å²) in [6.07, 6.45) is 9.36. The van der Waals surface area contributed by atoms with Crippen LogP contribution in [0.2, 0.25) is 0 Å². The molecular weight excluding hydrogens is 540 g/mol. The molecule has 1 N–H and O–H groups in total. The second-order valence-corrected chi connectivity index (χ2v) is 11.6. The number of nitrogens with zero attached hydrogens (tertiary/aromatic N) is 3. The van der Waals surface area contributed by atoms with E-state index in [2.05, 4.69) is 28.4 Å². The summed E-state index contributed by atoms with van der Waals surface area (Å²) in [7, 11) is -2.83. The molecule has 41 heavy (non-hydrogen) atoms. The van der Waals surface area contributed by atoms with Crippen LogP contribution in [0.15, 0.2) is 78.7 Å². The first-order valence-corrected chi connectivity index (χ1v) is 15.1. The Hall–Kier alpha value is -4.02. The van der Waals surface area contributed by atoms with Crippen LogP contribution in [0, 0.1) is 0 Å². The summed E-state index contributed by atoms with van der Waals surface area (Å²) in [6.45, 7) is 7.46. The van der Waals surface area contributed by atoms with E-state index >= 15 is 0 Å². The fourth-order valence-corrected chi connectivity index (χ4v) is 5.93. The fraction of sp³-hybridized carbons (Fsp3) is 0.323. The van der Waals surface area contributed by atoms with Crippen molar-refractivity contribution in [2.45, 2.75) is 49.5 Å². The second-order valence-electron chi connectivity index (χ2n) is 9.74. The minimum Gasteiger partial charge on any atom is -0.475 e. The van der Waals surface area contributed by atoms with Gasteiger partial charge >= 0.3 is 0 Å². The molecule has 1 amide bonds. The van der Waals surface area contributed by atoms with E-state index in [4.69, 9.17) is 9.47 Å². The molecule has 0 aliphatic carbocycles. The SMILES string of the molecule is C=CCCCCCC[C@@H]1COc2cc(-c3ccccc3C=C)nc(n2)N(COC)S(=O)(=O)c2cccc(c2)C(=O)N1. The maximum atomic E-state index is 13.9. The van der Waals surface area contributed by atoms with Gasteiger partial charge in [-0.1, -0.05) is 68.3 Å². The highest BCUT2D eigenvalue weighted by molar-refractivity contribution is 7.92. The molecule has 0 unspecified atom stereocenters. The molecule has 1 aliphatic heterocycles. The number of nitrogens with one attached hydrogen (secondary N) is 1. The number of hydrogen-bond acceptors (Lipinski definition) is 7. The highest BCUT2D eigenvalue weighted by atomic mass is 32.2. The van der Waals surface area contributed by atoms with Crippen molar-refractivity contribution < 1.29 is 22.7 Å². The van der Waals surface area contributed by atoms with Crippen molar-refractivity contribution >= 4 is 28.0 Å². The number of allylic oxidation sites excluding steroid dienone is 1. The number of fused-ring (bicyclic) bond motifs is 4. The third kappa shape index (κ3) is 7.39. The van der Waals surface area contributed by atoms with Gasteiger partial charge in [-0.05, 0) is 43.0 Å². The number of aromatic nitrogens is 2. The molecule has 10 heteroatoms. The van der Waals surface area contributed by atoms with E-state index in [0.29, 0.717) is 12.1 Å². The lowest BCUT2D eigenvalue weighted by atomic mass is 10.0. The minimum absolute atomic E-state index is 0.0804. The van der Waals surface area contributed by atoms with Crippen LogP contribution in [0.4, 0.5) is 5.95 Å². The average molecular weight is 577 g/mol. The molecule has 1 aromatic heterocycles. The van der Waals surface area contributed by atoms with Crippen molar-refractivity contribution in [2.75, 3.05) is 24.8 Å². The van der Waals surface area contributed by atoms with E-state index in [-0.39, 0.29) is 47.6 Å². The van der Waals surface area contributed by atoms with Gasteiger partial charge in [0.15, 0.2) is 0 Å². The number of benzene rings is 2. The standard InChI is InChI=1S/C31H36N4O5S/c1-4-6-7-8-9-10-16-25-21-40-29-20-28(27-18-12-11-14-23(27)5-2)33-31(34-29)35(22-39-3)41(37,38)26-17-13-15-24(19-26)30(36)32-25/h4-5,11-15,17-20,25H,1-2,6-10,16,21-22H2,3H3,(H,32,36)/t25-/m1/s1. The van der Waals surface area contributed by atoms with E-state index in [1.807, 2.05) is 30.3 Å². The molecule has 2 aromatic carbocycles. The molecule has 0 spiro atoms. The van der Waals surface area contributed by atoms with Crippen LogP contribution in [-0.2, 0) is 14.8 Å². The number of anilines is 1. The first kappa shape index (κ1) is 30.0. The first-order chi connectivity index (χ1) is 19.9. The summed E-state index contributed by atoms with van der Waals surface area (Å²) in [4.78, 5) is 22.3. The summed E-state index contributed by atoms with van der Waals surface area (Å²) in [5.74, 6) is -0.310. The second kappa shape index (κ2) is 14.0. The fourth-order valence-electron chi connectivity index (χ4n) is 4.61. The topological polar surface area (TPSA) is 111 Å². The Bertz CT molecular complexity index is 1490. The number of sulfonamides is 1. The Labute approximate surface area is 242 Å². The van der Waals surface area contributed by atoms with Crippen molar-refractivity contribution in [3.63, 3.8) is 0 Å². The Morgan fingerprint density at radius 2 is 1.88 bits per heavy atom. The summed E-state index contributed by atoms with van der Waals surface area (Å²) in [5.41, 5.74) is 2.24. The van der Waals surface area contributed by atoms with E-state index in [0.717, 1.165) is 47.5 Å². The molecule has 2 heterocycles. The molecule has 9 nitrogen and oxygen atoms in total. The van der Waals surface area contributed by atoms with Gasteiger partial charge in [0.2, 0.25) is 11.8 Å². The van der Waals surface area contributed by atoms with E-state index < -0.39 is 10.0 Å². The number of amides is 1. The zero-order valence-electron chi connectivity index (χ0n) is 23.3. The van der Waals surface area contributed by atoms with Gasteiger partial charge < -0.3 is 14.8 Å². The molecular formula is C31H36N4O5S. The Kier molecular flexibility index (Phi) is 10.3. The summed E-state index contributed by atoms with van der Waals surface area (Å²) in [6, 6.07) is 14.8. The van der Waals surface area contributed by atoms with Crippen LogP contribution in [-0.4, -0.2) is 50.8 Å². The quantitative estimate of drug-likeness (QED) is 0.234. The van der Waals surface area contributed by atoms with Gasteiger partial charge in [0.05, 0.1) is 16.6 Å². The molecule has 3 aromatic rings. The average Bonchev–Trinajstić information content (AvgIpc) is 2.99. The zero-order chi connectivity index (χ0) is 29.2. The highest BCUT2D eigenvalue weighted by Crippen LogP contribution is 2.30. The van der Waals surface area contributed by atoms with Crippen molar-refractivity contribution in [2.24, 2.45) is 0 Å². The third-order valence-corrected chi connectivity index (χ3v) is 8.48. The van der Waals surface area contributed by atoms with Gasteiger partial charge in [-0.2, -0.15) is 4.98 Å². The third-order valence-electron chi connectivity index (χ3n) is 6.78. The van der Waals surface area contributed by atoms with Crippen molar-refractivity contribution in [3.05, 3.63) is 85.0 Å². The van der Waals surface area contributed by atoms with Crippen LogP contribution in [0.5, 0.6) is 5.88 Å². The van der Waals surface area contributed by atoms with E-state index in [1.54, 1.807) is 24.3 Å². The lowest BCUT2D eigenvalue weighted by molar-refractivity contribution is 0.0916. The lowest BCUT2D eigenvalue weighted by Crippen LogP contribution is -2.39. The maximum absolute atomic E-state index is 13.9. The van der Waals surface area contributed by atoms with Crippen molar-refractivity contribution in [3.8, 4) is 17.1 Å². The number of methoxy groups -OCH3 is 1. The number of ether oxygens (including phenoxy) is 2. The Morgan fingerprint density at radius 1 is 1.07 bits per heavy atom. The van der Waals surface area contributed by atoms with Crippen LogP contribution < -0.4 is 14.4 Å². The van der Waals surface area contributed by atoms with Gasteiger partial charge in [-0.25, -0.2) is 17.7 Å². The lowest BCUT2D eigenvalue weighted by Gasteiger charge is -2.23. The Morgan fingerprint density at radius 3 is 2.66 bits per heavy atom. The van der Waals surface area contributed by atoms with Crippen LogP contribution in [0.25, 0.3) is 17.3 Å². The monoisotopic (exact) mass is 576 g/mol. The molecule has 4 rings (SSSR count). The van der Waals surface area contributed by atoms with Crippen LogP contribution in [0.1, 0.15) is 54.4 Å². The Balaban J connectivity index is 1.79. The first-order valence-electron chi connectivity index (χ1n) is 13.6.